The van der Waals surface area contributed by atoms with E-state index < -0.39 is 10.0 Å². The van der Waals surface area contributed by atoms with E-state index in [2.05, 4.69) is 0 Å². The fraction of sp³-hybridized carbons (Fsp3) is 0.562. The Morgan fingerprint density at radius 1 is 1.42 bits per heavy atom. The van der Waals surface area contributed by atoms with Gasteiger partial charge in [0.25, 0.3) is 5.91 Å². The minimum Gasteiger partial charge on any atom is -0.493 e. The minimum atomic E-state index is -3.51. The molecule has 134 valence electrons. The average molecular weight is 355 g/mol. The van der Waals surface area contributed by atoms with E-state index in [1.165, 1.54) is 0 Å². The van der Waals surface area contributed by atoms with Crippen molar-refractivity contribution < 1.29 is 17.9 Å². The van der Waals surface area contributed by atoms with Gasteiger partial charge in [-0.25, -0.2) is 13.6 Å². The number of carbonyl (C=O) groups is 1. The van der Waals surface area contributed by atoms with Crippen molar-refractivity contribution in [3.8, 4) is 5.75 Å². The lowest BCUT2D eigenvalue weighted by molar-refractivity contribution is 0.0787. The van der Waals surface area contributed by atoms with Gasteiger partial charge in [0.1, 0.15) is 5.75 Å². The fourth-order valence-corrected chi connectivity index (χ4v) is 3.75. The molecule has 1 aromatic rings. The molecule has 4 N–H and O–H groups in total. The number of hydrogen-bond acceptors (Lipinski definition) is 5. The number of sulfonamides is 1. The first-order chi connectivity index (χ1) is 11.3. The van der Waals surface area contributed by atoms with Gasteiger partial charge in [-0.2, -0.15) is 0 Å². The second-order valence-corrected chi connectivity index (χ2v) is 7.87. The molecule has 0 bridgehead atoms. The highest BCUT2D eigenvalue weighted by molar-refractivity contribution is 7.89. The van der Waals surface area contributed by atoms with Gasteiger partial charge >= 0.3 is 0 Å². The maximum Gasteiger partial charge on any atom is 0.253 e. The second kappa shape index (κ2) is 7.96. The Morgan fingerprint density at radius 2 is 2.17 bits per heavy atom. The molecule has 8 heteroatoms. The molecule has 1 aliphatic rings. The number of hydrogen-bond donors (Lipinski definition) is 2. The van der Waals surface area contributed by atoms with E-state index in [4.69, 9.17) is 15.6 Å². The molecule has 24 heavy (non-hydrogen) atoms. The molecular weight excluding hydrogens is 330 g/mol. The predicted octanol–water partition coefficient (Wildman–Crippen LogP) is 0.473. The fourth-order valence-electron chi connectivity index (χ4n) is 2.82. The first-order valence-corrected chi connectivity index (χ1v) is 9.75. The van der Waals surface area contributed by atoms with Crippen molar-refractivity contribution in [3.63, 3.8) is 0 Å². The van der Waals surface area contributed by atoms with E-state index in [0.717, 1.165) is 12.0 Å². The summed E-state index contributed by atoms with van der Waals surface area (Å²) in [6.07, 6.45) is 1.40. The summed E-state index contributed by atoms with van der Waals surface area (Å²) in [5, 5.41) is 5.09. The van der Waals surface area contributed by atoms with Gasteiger partial charge in [0.15, 0.2) is 0 Å². The molecule has 1 atom stereocenters. The van der Waals surface area contributed by atoms with Crippen LogP contribution in [0.3, 0.4) is 0 Å². The van der Waals surface area contributed by atoms with Crippen LogP contribution in [0, 0.1) is 12.8 Å². The number of nitrogens with two attached hydrogens (primary N) is 2. The van der Waals surface area contributed by atoms with Crippen molar-refractivity contribution in [1.29, 1.82) is 0 Å². The zero-order chi connectivity index (χ0) is 17.7. The molecule has 1 aliphatic heterocycles. The van der Waals surface area contributed by atoms with Crippen molar-refractivity contribution in [2.24, 2.45) is 16.8 Å². The number of rotatable bonds is 7. The van der Waals surface area contributed by atoms with Crippen molar-refractivity contribution in [1.82, 2.24) is 4.90 Å². The molecule has 1 aromatic carbocycles. The van der Waals surface area contributed by atoms with Gasteiger partial charge in [-0.1, -0.05) is 6.07 Å². The number of nitrogens with zero attached hydrogens (tertiary/aromatic N) is 1. The van der Waals surface area contributed by atoms with Gasteiger partial charge in [-0.05, 0) is 49.9 Å². The van der Waals surface area contributed by atoms with E-state index in [9.17, 15) is 13.2 Å². The molecule has 0 spiro atoms. The summed E-state index contributed by atoms with van der Waals surface area (Å²) < 4.78 is 28.1. The topological polar surface area (TPSA) is 116 Å². The largest absolute Gasteiger partial charge is 0.493 e. The molecule has 1 saturated heterocycles. The summed E-state index contributed by atoms with van der Waals surface area (Å²) >= 11 is 0. The molecular formula is C16H25N3O4S. The summed E-state index contributed by atoms with van der Waals surface area (Å²) in [5.74, 6) is 0.373. The Morgan fingerprint density at radius 3 is 2.83 bits per heavy atom. The van der Waals surface area contributed by atoms with Gasteiger partial charge in [0.05, 0.1) is 12.4 Å². The van der Waals surface area contributed by atoms with Crippen LogP contribution in [-0.4, -0.2) is 51.2 Å². The Bertz CT molecular complexity index is 691. The third-order valence-corrected chi connectivity index (χ3v) is 5.02. The lowest BCUT2D eigenvalue weighted by Gasteiger charge is -2.17. The third kappa shape index (κ3) is 5.19. The number of amides is 1. The Kier molecular flexibility index (Phi) is 6.20. The number of carbonyl (C=O) groups excluding carboxylic acids is 1. The quantitative estimate of drug-likeness (QED) is 0.690. The first kappa shape index (κ1) is 18.7. The molecule has 0 aromatic heterocycles. The molecule has 0 aliphatic carbocycles. The lowest BCUT2D eigenvalue weighted by atomic mass is 10.1. The minimum absolute atomic E-state index is 0.0852. The highest BCUT2D eigenvalue weighted by Gasteiger charge is 2.29. The van der Waals surface area contributed by atoms with Crippen LogP contribution >= 0.6 is 0 Å². The van der Waals surface area contributed by atoms with Crippen molar-refractivity contribution >= 4 is 15.9 Å². The van der Waals surface area contributed by atoms with Gasteiger partial charge in [0.2, 0.25) is 10.0 Å². The number of likely N-dealkylation sites (tertiary alicyclic amines) is 1. The van der Waals surface area contributed by atoms with E-state index >= 15 is 0 Å². The first-order valence-electron chi connectivity index (χ1n) is 8.03. The molecule has 0 radical (unpaired) electrons. The molecule has 1 fully saturated rings. The second-order valence-electron chi connectivity index (χ2n) is 6.21. The summed E-state index contributed by atoms with van der Waals surface area (Å²) in [4.78, 5) is 14.3. The zero-order valence-corrected chi connectivity index (χ0v) is 14.7. The van der Waals surface area contributed by atoms with Crippen LogP contribution in [0.1, 0.15) is 28.8 Å². The molecule has 0 saturated carbocycles. The molecule has 1 heterocycles. The maximum absolute atomic E-state index is 12.6. The SMILES string of the molecule is Cc1ccc(C(=O)N2CCC(CS(N)(=O)=O)C2)cc1OCCCN. The Balaban J connectivity index is 2.03. The Labute approximate surface area is 143 Å². The normalized spacial score (nSPS) is 18.0. The van der Waals surface area contributed by atoms with E-state index in [1.54, 1.807) is 17.0 Å². The van der Waals surface area contributed by atoms with E-state index in [0.29, 0.717) is 44.0 Å². The molecule has 2 rings (SSSR count). The number of benzene rings is 1. The summed E-state index contributed by atoms with van der Waals surface area (Å²) in [6.45, 7) is 3.93. The smallest absolute Gasteiger partial charge is 0.253 e. The lowest BCUT2D eigenvalue weighted by Crippen LogP contribution is -2.30. The van der Waals surface area contributed by atoms with Crippen LogP contribution in [-0.2, 0) is 10.0 Å². The van der Waals surface area contributed by atoms with Crippen molar-refractivity contribution in [2.45, 2.75) is 19.8 Å². The van der Waals surface area contributed by atoms with Crippen LogP contribution in [0.15, 0.2) is 18.2 Å². The van der Waals surface area contributed by atoms with E-state index in [1.807, 2.05) is 13.0 Å². The highest BCUT2D eigenvalue weighted by atomic mass is 32.2. The van der Waals surface area contributed by atoms with Gasteiger partial charge < -0.3 is 15.4 Å². The third-order valence-electron chi connectivity index (χ3n) is 4.08. The van der Waals surface area contributed by atoms with Crippen LogP contribution < -0.4 is 15.6 Å². The van der Waals surface area contributed by atoms with Gasteiger partial charge in [0, 0.05) is 18.7 Å². The summed E-state index contributed by atoms with van der Waals surface area (Å²) in [5.41, 5.74) is 6.95. The highest BCUT2D eigenvalue weighted by Crippen LogP contribution is 2.24. The average Bonchev–Trinajstić information content (AvgIpc) is 2.95. The molecule has 7 nitrogen and oxygen atoms in total. The van der Waals surface area contributed by atoms with Gasteiger partial charge in [-0.15, -0.1) is 0 Å². The molecule has 1 amide bonds. The molecule has 1 unspecified atom stereocenters. The number of aryl methyl sites for hydroxylation is 1. The maximum atomic E-state index is 12.6. The summed E-state index contributed by atoms with van der Waals surface area (Å²) in [7, 11) is -3.51. The number of ether oxygens (including phenoxy) is 1. The van der Waals surface area contributed by atoms with Crippen LogP contribution in [0.25, 0.3) is 0 Å². The van der Waals surface area contributed by atoms with Crippen molar-refractivity contribution in [2.75, 3.05) is 32.0 Å². The number of primary sulfonamides is 1. The van der Waals surface area contributed by atoms with Crippen LogP contribution in [0.2, 0.25) is 0 Å². The van der Waals surface area contributed by atoms with E-state index in [-0.39, 0.29) is 17.6 Å². The summed E-state index contributed by atoms with van der Waals surface area (Å²) in [6, 6.07) is 5.35. The predicted molar refractivity (Wildman–Crippen MR) is 92.3 cm³/mol. The zero-order valence-electron chi connectivity index (χ0n) is 13.9. The standard InChI is InChI=1S/C16H25N3O4S/c1-12-3-4-14(9-15(12)23-8-2-6-17)16(20)19-7-5-13(10-19)11-24(18,21)22/h3-4,9,13H,2,5-8,10-11,17H2,1H3,(H2,18,21,22). The monoisotopic (exact) mass is 355 g/mol. The van der Waals surface area contributed by atoms with Gasteiger partial charge in [-0.3, -0.25) is 4.79 Å². The van der Waals surface area contributed by atoms with Crippen molar-refractivity contribution in [3.05, 3.63) is 29.3 Å². The van der Waals surface area contributed by atoms with Crippen LogP contribution in [0.4, 0.5) is 0 Å². The van der Waals surface area contributed by atoms with Crippen LogP contribution in [0.5, 0.6) is 5.75 Å². The Hall–Kier alpha value is -1.64.